The van der Waals surface area contributed by atoms with E-state index in [9.17, 15) is 0 Å². The van der Waals surface area contributed by atoms with E-state index in [1.54, 1.807) is 0 Å². The van der Waals surface area contributed by atoms with Gasteiger partial charge in [-0.25, -0.2) is 9.98 Å². The van der Waals surface area contributed by atoms with Crippen molar-refractivity contribution < 1.29 is 0 Å². The van der Waals surface area contributed by atoms with Crippen molar-refractivity contribution in [2.45, 2.75) is 0 Å². The van der Waals surface area contributed by atoms with Crippen LogP contribution < -0.4 is 10.7 Å². The monoisotopic (exact) mass is 495 g/mol. The average molecular weight is 496 g/mol. The molecule has 0 aliphatic carbocycles. The van der Waals surface area contributed by atoms with Crippen molar-refractivity contribution in [1.82, 2.24) is 4.98 Å². The molecule has 1 aromatic heterocycles. The summed E-state index contributed by atoms with van der Waals surface area (Å²) in [5, 5.41) is 6.83. The molecule has 0 atom stereocenters. The van der Waals surface area contributed by atoms with Gasteiger partial charge in [0.1, 0.15) is 0 Å². The molecule has 0 amide bonds. The highest BCUT2D eigenvalue weighted by molar-refractivity contribution is 6.16. The average Bonchev–Trinajstić information content (AvgIpc) is 3.68. The third-order valence-electron chi connectivity index (χ3n) is 8.15. The molecule has 1 N–H and O–H groups in total. The molecule has 0 saturated carbocycles. The van der Waals surface area contributed by atoms with Crippen LogP contribution in [0.1, 0.15) is 0 Å². The molecule has 0 spiro atoms. The summed E-state index contributed by atoms with van der Waals surface area (Å²) in [7, 11) is 0. The molecule has 0 radical (unpaired) electrons. The molecule has 2 aliphatic rings. The summed E-state index contributed by atoms with van der Waals surface area (Å²) < 4.78 is 0. The third kappa shape index (κ3) is 2.82. The minimum absolute atomic E-state index is 0.984. The number of H-pyrrole nitrogens is 1. The minimum Gasteiger partial charge on any atom is -0.354 e. The van der Waals surface area contributed by atoms with Crippen LogP contribution in [0.3, 0.4) is 0 Å². The van der Waals surface area contributed by atoms with E-state index < -0.39 is 0 Å². The first kappa shape index (κ1) is 20.7. The number of rotatable bonds is 2. The van der Waals surface area contributed by atoms with Gasteiger partial charge in [0, 0.05) is 43.4 Å². The van der Waals surface area contributed by atoms with Gasteiger partial charge in [0.25, 0.3) is 0 Å². The van der Waals surface area contributed by atoms with Gasteiger partial charge in [-0.1, -0.05) is 91.0 Å². The molecule has 9 rings (SSSR count). The Balaban J connectivity index is 1.43. The zero-order chi connectivity index (χ0) is 25.5. The molecular formula is C36H21N3. The minimum atomic E-state index is 0.984. The van der Waals surface area contributed by atoms with Gasteiger partial charge in [-0.05, 0) is 47.0 Å². The van der Waals surface area contributed by atoms with Crippen LogP contribution in [0.4, 0.5) is 11.4 Å². The van der Waals surface area contributed by atoms with E-state index in [2.05, 4.69) is 126 Å². The summed E-state index contributed by atoms with van der Waals surface area (Å²) in [6, 6.07) is 43.0. The molecule has 39 heavy (non-hydrogen) atoms. The summed E-state index contributed by atoms with van der Waals surface area (Å²) in [4.78, 5) is 14.0. The van der Waals surface area contributed by atoms with Crippen LogP contribution in [0.25, 0.3) is 55.2 Å². The first-order chi connectivity index (χ1) is 19.3. The van der Waals surface area contributed by atoms with E-state index >= 15 is 0 Å². The largest absolute Gasteiger partial charge is 0.354 e. The first-order valence-electron chi connectivity index (χ1n) is 13.3. The summed E-state index contributed by atoms with van der Waals surface area (Å²) in [5.41, 5.74) is 11.3. The fourth-order valence-corrected chi connectivity index (χ4v) is 6.46. The highest BCUT2D eigenvalue weighted by Crippen LogP contribution is 2.49. The van der Waals surface area contributed by atoms with Crippen molar-refractivity contribution >= 4 is 33.2 Å². The molecule has 3 nitrogen and oxygen atoms in total. The molecule has 3 heteroatoms. The van der Waals surface area contributed by atoms with Crippen molar-refractivity contribution in [2.24, 2.45) is 9.98 Å². The fourth-order valence-electron chi connectivity index (χ4n) is 6.46. The van der Waals surface area contributed by atoms with Gasteiger partial charge < -0.3 is 4.98 Å². The number of nitrogens with zero attached hydrogens (tertiary/aromatic N) is 2. The molecule has 180 valence electrons. The molecule has 0 bridgehead atoms. The third-order valence-corrected chi connectivity index (χ3v) is 8.15. The molecule has 0 unspecified atom stereocenters. The normalized spacial score (nSPS) is 12.5. The van der Waals surface area contributed by atoms with Crippen LogP contribution in [0.5, 0.6) is 0 Å². The maximum absolute atomic E-state index is 5.13. The van der Waals surface area contributed by atoms with Crippen molar-refractivity contribution in [3.05, 3.63) is 142 Å². The fraction of sp³-hybridized carbons (Fsp3) is 0. The van der Waals surface area contributed by atoms with Gasteiger partial charge in [0.05, 0.1) is 27.6 Å². The van der Waals surface area contributed by atoms with Gasteiger partial charge in [0.15, 0.2) is 0 Å². The summed E-state index contributed by atoms with van der Waals surface area (Å²) in [6.07, 6.45) is 0. The molecular weight excluding hydrogens is 474 g/mol. The number of aromatic nitrogens is 1. The van der Waals surface area contributed by atoms with Gasteiger partial charge in [0.2, 0.25) is 0 Å². The molecule has 7 aromatic rings. The predicted octanol–water partition coefficient (Wildman–Crippen LogP) is 8.14. The van der Waals surface area contributed by atoms with Crippen LogP contribution in [-0.4, -0.2) is 4.98 Å². The summed E-state index contributed by atoms with van der Waals surface area (Å²) in [6.45, 7) is 0. The van der Waals surface area contributed by atoms with Gasteiger partial charge in [-0.3, -0.25) is 0 Å². The van der Waals surface area contributed by atoms with E-state index in [1.165, 1.54) is 43.5 Å². The van der Waals surface area contributed by atoms with Crippen LogP contribution in [0, 0.1) is 10.4 Å². The number of aromatic amines is 1. The molecule has 0 saturated heterocycles. The Morgan fingerprint density at radius 1 is 0.462 bits per heavy atom. The Bertz CT molecular complexity index is 2380. The number of benzene rings is 6. The molecule has 2 aliphatic heterocycles. The lowest BCUT2D eigenvalue weighted by Crippen LogP contribution is -2.01. The topological polar surface area (TPSA) is 40.5 Å². The number of para-hydroxylation sites is 2. The lowest BCUT2D eigenvalue weighted by Gasteiger charge is -2.16. The number of nitrogens with one attached hydrogen (secondary N) is 1. The van der Waals surface area contributed by atoms with Crippen LogP contribution in [0.2, 0.25) is 0 Å². The lowest BCUT2D eigenvalue weighted by molar-refractivity contribution is 1.36. The Morgan fingerprint density at radius 3 is 2.26 bits per heavy atom. The highest BCUT2D eigenvalue weighted by atomic mass is 14.8. The van der Waals surface area contributed by atoms with Gasteiger partial charge in [-0.15, -0.1) is 0 Å². The van der Waals surface area contributed by atoms with Crippen LogP contribution in [0.15, 0.2) is 131 Å². The first-order valence-corrected chi connectivity index (χ1v) is 13.3. The predicted molar refractivity (Wildman–Crippen MR) is 158 cm³/mol. The number of hydrogen-bond donors (Lipinski definition) is 1. The van der Waals surface area contributed by atoms with Crippen molar-refractivity contribution in [3.63, 3.8) is 0 Å². The van der Waals surface area contributed by atoms with E-state index in [-0.39, 0.29) is 0 Å². The quantitative estimate of drug-likeness (QED) is 0.251. The Labute approximate surface area is 223 Å². The Morgan fingerprint density at radius 2 is 1.31 bits per heavy atom. The zero-order valence-electron chi connectivity index (χ0n) is 20.9. The summed E-state index contributed by atoms with van der Waals surface area (Å²) in [5.74, 6) is 0. The summed E-state index contributed by atoms with van der Waals surface area (Å²) >= 11 is 0. The van der Waals surface area contributed by atoms with Crippen molar-refractivity contribution in [2.75, 3.05) is 0 Å². The van der Waals surface area contributed by atoms with Crippen molar-refractivity contribution in [3.8, 4) is 33.4 Å². The van der Waals surface area contributed by atoms with E-state index in [4.69, 9.17) is 9.98 Å². The standard InChI is InChI=1S/C36H21N3/c1-2-9-21(10-3-1)22-17-18-25-23-11-4-6-14-28(23)38-35(25)32(22)27-13-8-16-30-33(27)34-31(37-30)20-19-26-24-12-5-7-15-29(24)39-36(26)34/h1-20,38H. The maximum atomic E-state index is 5.13. The maximum Gasteiger partial charge on any atom is 0.0817 e. The second-order valence-corrected chi connectivity index (χ2v) is 10.2. The SMILES string of the molecule is c1ccc(-c2ccc3c([nH]c4ccccc43)c2-c2cccc3c2-c2c4c(ccc2=N3)=c2ccccc2=N4)cc1. The Hall–Kier alpha value is -5.28. The van der Waals surface area contributed by atoms with E-state index in [0.29, 0.717) is 0 Å². The van der Waals surface area contributed by atoms with Crippen molar-refractivity contribution in [1.29, 1.82) is 0 Å². The molecule has 0 fully saturated rings. The zero-order valence-corrected chi connectivity index (χ0v) is 20.9. The van der Waals surface area contributed by atoms with E-state index in [1.807, 2.05) is 0 Å². The second kappa shape index (κ2) is 7.62. The smallest absolute Gasteiger partial charge is 0.0817 e. The molecule has 3 heterocycles. The highest BCUT2D eigenvalue weighted by Gasteiger charge is 2.26. The van der Waals surface area contributed by atoms with Gasteiger partial charge >= 0.3 is 0 Å². The van der Waals surface area contributed by atoms with Gasteiger partial charge in [-0.2, -0.15) is 0 Å². The van der Waals surface area contributed by atoms with Crippen LogP contribution in [-0.2, 0) is 0 Å². The number of hydrogen-bond acceptors (Lipinski definition) is 2. The lowest BCUT2D eigenvalue weighted by atomic mass is 9.87. The second-order valence-electron chi connectivity index (χ2n) is 10.2. The van der Waals surface area contributed by atoms with Crippen LogP contribution >= 0.6 is 0 Å². The Kier molecular flexibility index (Phi) is 4.05. The molecule has 6 aromatic carbocycles. The van der Waals surface area contributed by atoms with E-state index in [0.717, 1.165) is 44.2 Å². The number of fused-ring (bicyclic) bond motifs is 9.